The number of aliphatic hydroxyl groups excluding tert-OH is 1. The lowest BCUT2D eigenvalue weighted by atomic mass is 9.89. The fourth-order valence-corrected chi connectivity index (χ4v) is 3.65. The Morgan fingerprint density at radius 2 is 1.52 bits per heavy atom. The Balaban J connectivity index is 1.49. The molecule has 0 bridgehead atoms. The Morgan fingerprint density at radius 1 is 0.897 bits per heavy atom. The second kappa shape index (κ2) is 8.31. The van der Waals surface area contributed by atoms with Crippen LogP contribution in [0.4, 0.5) is 0 Å². The molecule has 4 rings (SSSR count). The first-order chi connectivity index (χ1) is 14.1. The highest BCUT2D eigenvalue weighted by molar-refractivity contribution is 6.04. The van der Waals surface area contributed by atoms with E-state index in [1.165, 1.54) is 17.2 Å². The van der Waals surface area contributed by atoms with Crippen LogP contribution >= 0.6 is 0 Å². The van der Waals surface area contributed by atoms with Crippen molar-refractivity contribution in [3.8, 4) is 23.0 Å². The van der Waals surface area contributed by atoms with Gasteiger partial charge in [-0.1, -0.05) is 60.9 Å². The molecule has 1 aliphatic rings. The van der Waals surface area contributed by atoms with Gasteiger partial charge in [0, 0.05) is 16.7 Å². The minimum absolute atomic E-state index is 0.0690. The average molecular weight is 378 g/mol. The summed E-state index contributed by atoms with van der Waals surface area (Å²) in [6.45, 7) is 3.52. The molecule has 2 nitrogen and oxygen atoms in total. The molecule has 0 radical (unpaired) electrons. The topological polar surface area (TPSA) is 37.3 Å². The molecule has 1 atom stereocenters. The molecule has 0 spiro atoms. The molecular formula is C27H22O2. The van der Waals surface area contributed by atoms with Gasteiger partial charge >= 0.3 is 0 Å². The SMILES string of the molecule is C=CC(=O)c1ccc(-c2ccc(C#Cc3ccc4c(c3)CCC(O)C4)cc2)cc1. The van der Waals surface area contributed by atoms with Crippen molar-refractivity contribution < 1.29 is 9.90 Å². The Labute approximate surface area is 171 Å². The smallest absolute Gasteiger partial charge is 0.185 e. The van der Waals surface area contributed by atoms with Gasteiger partial charge in [0.25, 0.3) is 0 Å². The van der Waals surface area contributed by atoms with Crippen LogP contribution in [0.3, 0.4) is 0 Å². The molecule has 3 aromatic carbocycles. The number of benzene rings is 3. The van der Waals surface area contributed by atoms with Gasteiger partial charge in [-0.2, -0.15) is 0 Å². The quantitative estimate of drug-likeness (QED) is 0.397. The Kier molecular flexibility index (Phi) is 5.42. The van der Waals surface area contributed by atoms with Gasteiger partial charge in [-0.05, 0) is 71.9 Å². The standard InChI is InChI=1S/C27H22O2/c1-2-27(29)23-13-11-22(12-14-23)21-8-5-19(6-9-21)3-4-20-7-10-25-18-26(28)16-15-24(25)17-20/h2,5-14,17,26,28H,1,15-16,18H2. The van der Waals surface area contributed by atoms with Gasteiger partial charge in [0.2, 0.25) is 0 Å². The van der Waals surface area contributed by atoms with Crippen molar-refractivity contribution in [3.63, 3.8) is 0 Å². The summed E-state index contributed by atoms with van der Waals surface area (Å²) in [5.74, 6) is 6.41. The summed E-state index contributed by atoms with van der Waals surface area (Å²) in [6.07, 6.45) is 3.60. The Morgan fingerprint density at radius 3 is 2.21 bits per heavy atom. The van der Waals surface area contributed by atoms with Gasteiger partial charge < -0.3 is 5.11 Å². The highest BCUT2D eigenvalue weighted by Crippen LogP contribution is 2.23. The molecule has 1 N–H and O–H groups in total. The van der Waals surface area contributed by atoms with Crippen molar-refractivity contribution in [1.82, 2.24) is 0 Å². The third-order valence-corrected chi connectivity index (χ3v) is 5.33. The van der Waals surface area contributed by atoms with Crippen molar-refractivity contribution in [1.29, 1.82) is 0 Å². The van der Waals surface area contributed by atoms with E-state index in [0.717, 1.165) is 41.5 Å². The Hall–Kier alpha value is -3.41. The minimum Gasteiger partial charge on any atom is -0.393 e. The van der Waals surface area contributed by atoms with Crippen LogP contribution < -0.4 is 0 Å². The first-order valence-corrected chi connectivity index (χ1v) is 9.81. The summed E-state index contributed by atoms with van der Waals surface area (Å²) in [6, 6.07) is 21.9. The van der Waals surface area contributed by atoms with E-state index in [4.69, 9.17) is 0 Å². The van der Waals surface area contributed by atoms with Gasteiger partial charge in [0.15, 0.2) is 5.78 Å². The number of carbonyl (C=O) groups excluding carboxylic acids is 1. The molecule has 0 fully saturated rings. The van der Waals surface area contributed by atoms with Gasteiger partial charge in [-0.3, -0.25) is 4.79 Å². The molecular weight excluding hydrogens is 356 g/mol. The maximum absolute atomic E-state index is 11.6. The van der Waals surface area contributed by atoms with Crippen LogP contribution in [0, 0.1) is 11.8 Å². The summed E-state index contributed by atoms with van der Waals surface area (Å²) >= 11 is 0. The zero-order chi connectivity index (χ0) is 20.2. The summed E-state index contributed by atoms with van der Waals surface area (Å²) < 4.78 is 0. The fourth-order valence-electron chi connectivity index (χ4n) is 3.65. The lowest BCUT2D eigenvalue weighted by molar-refractivity contribution is 0.104. The lowest BCUT2D eigenvalue weighted by Crippen LogP contribution is -2.18. The van der Waals surface area contributed by atoms with Crippen LogP contribution in [0.15, 0.2) is 79.4 Å². The van der Waals surface area contributed by atoms with Gasteiger partial charge in [-0.25, -0.2) is 0 Å². The number of ketones is 1. The number of fused-ring (bicyclic) bond motifs is 1. The van der Waals surface area contributed by atoms with Crippen LogP contribution in [-0.2, 0) is 12.8 Å². The van der Waals surface area contributed by atoms with Crippen molar-refractivity contribution in [2.75, 3.05) is 0 Å². The number of carbonyl (C=O) groups is 1. The molecule has 0 saturated carbocycles. The number of rotatable bonds is 3. The average Bonchev–Trinajstić information content (AvgIpc) is 2.77. The number of hydrogen-bond acceptors (Lipinski definition) is 2. The van der Waals surface area contributed by atoms with Crippen LogP contribution in [0.25, 0.3) is 11.1 Å². The summed E-state index contributed by atoms with van der Waals surface area (Å²) in [5.41, 5.74) is 7.29. The van der Waals surface area contributed by atoms with Gasteiger partial charge in [0.1, 0.15) is 0 Å². The fraction of sp³-hybridized carbons (Fsp3) is 0.148. The zero-order valence-electron chi connectivity index (χ0n) is 16.2. The van der Waals surface area contributed by atoms with Crippen molar-refractivity contribution in [3.05, 3.63) is 107 Å². The third-order valence-electron chi connectivity index (χ3n) is 5.33. The van der Waals surface area contributed by atoms with E-state index in [0.29, 0.717) is 5.56 Å². The molecule has 1 aliphatic carbocycles. The highest BCUT2D eigenvalue weighted by Gasteiger charge is 2.16. The molecule has 142 valence electrons. The van der Waals surface area contributed by atoms with Crippen LogP contribution in [0.5, 0.6) is 0 Å². The second-order valence-corrected chi connectivity index (χ2v) is 7.35. The zero-order valence-corrected chi connectivity index (χ0v) is 16.2. The third kappa shape index (κ3) is 4.37. The van der Waals surface area contributed by atoms with Crippen LogP contribution in [0.2, 0.25) is 0 Å². The molecule has 2 heteroatoms. The predicted octanol–water partition coefficient (Wildman–Crippen LogP) is 4.97. The molecule has 1 unspecified atom stereocenters. The summed E-state index contributed by atoms with van der Waals surface area (Å²) in [5, 5.41) is 9.78. The molecule has 0 amide bonds. The number of hydrogen-bond donors (Lipinski definition) is 1. The van der Waals surface area contributed by atoms with E-state index in [9.17, 15) is 9.90 Å². The highest BCUT2D eigenvalue weighted by atomic mass is 16.3. The van der Waals surface area contributed by atoms with E-state index >= 15 is 0 Å². The first kappa shape index (κ1) is 18.9. The molecule has 0 heterocycles. The normalized spacial score (nSPS) is 15.0. The van der Waals surface area contributed by atoms with Crippen LogP contribution in [-0.4, -0.2) is 17.0 Å². The largest absolute Gasteiger partial charge is 0.393 e. The monoisotopic (exact) mass is 378 g/mol. The summed E-state index contributed by atoms with van der Waals surface area (Å²) in [4.78, 5) is 11.6. The maximum Gasteiger partial charge on any atom is 0.185 e. The summed E-state index contributed by atoms with van der Waals surface area (Å²) in [7, 11) is 0. The van der Waals surface area contributed by atoms with E-state index in [1.807, 2.05) is 54.6 Å². The minimum atomic E-state index is -0.211. The number of allylic oxidation sites excluding steroid dienone is 1. The number of aryl methyl sites for hydroxylation is 1. The van der Waals surface area contributed by atoms with E-state index in [1.54, 1.807) is 0 Å². The molecule has 3 aromatic rings. The van der Waals surface area contributed by atoms with E-state index in [-0.39, 0.29) is 11.9 Å². The number of aliphatic hydroxyl groups is 1. The van der Waals surface area contributed by atoms with Crippen molar-refractivity contribution >= 4 is 5.78 Å². The predicted molar refractivity (Wildman–Crippen MR) is 117 cm³/mol. The molecule has 0 saturated heterocycles. The van der Waals surface area contributed by atoms with Gasteiger partial charge in [0.05, 0.1) is 6.10 Å². The van der Waals surface area contributed by atoms with Gasteiger partial charge in [-0.15, -0.1) is 0 Å². The Bertz CT molecular complexity index is 1110. The molecule has 0 aliphatic heterocycles. The van der Waals surface area contributed by atoms with Crippen LogP contribution in [0.1, 0.15) is 39.0 Å². The first-order valence-electron chi connectivity index (χ1n) is 9.81. The molecule has 0 aromatic heterocycles. The van der Waals surface area contributed by atoms with E-state index < -0.39 is 0 Å². The van der Waals surface area contributed by atoms with Crippen molar-refractivity contribution in [2.24, 2.45) is 0 Å². The lowest BCUT2D eigenvalue weighted by Gasteiger charge is -2.20. The maximum atomic E-state index is 11.6. The van der Waals surface area contributed by atoms with Crippen molar-refractivity contribution in [2.45, 2.75) is 25.4 Å². The van der Waals surface area contributed by atoms with E-state index in [2.05, 4.69) is 30.6 Å². The molecule has 29 heavy (non-hydrogen) atoms. The second-order valence-electron chi connectivity index (χ2n) is 7.35.